The number of nitro benzene ring substituents is 1. The number of non-ortho nitro benzene ring substituents is 1. The number of para-hydroxylation sites is 1. The van der Waals surface area contributed by atoms with Gasteiger partial charge in [-0.3, -0.25) is 20.1 Å². The molecule has 0 spiro atoms. The molecule has 5 heteroatoms. The Hall–Kier alpha value is -3.34. The van der Waals surface area contributed by atoms with Crippen LogP contribution in [0.25, 0.3) is 32.9 Å². The van der Waals surface area contributed by atoms with Gasteiger partial charge in [-0.2, -0.15) is 0 Å². The first-order valence-electron chi connectivity index (χ1n) is 7.53. The molecule has 0 amide bonds. The molecule has 0 bridgehead atoms. The lowest BCUT2D eigenvalue weighted by Crippen LogP contribution is -1.93. The Labute approximate surface area is 137 Å². The van der Waals surface area contributed by atoms with Gasteiger partial charge in [0.2, 0.25) is 0 Å². The number of hydrogen-bond acceptors (Lipinski definition) is 4. The van der Waals surface area contributed by atoms with E-state index in [1.807, 2.05) is 43.5 Å². The van der Waals surface area contributed by atoms with Crippen molar-refractivity contribution < 1.29 is 4.92 Å². The molecule has 116 valence electrons. The van der Waals surface area contributed by atoms with Gasteiger partial charge in [-0.15, -0.1) is 0 Å². The lowest BCUT2D eigenvalue weighted by atomic mass is 9.96. The molecule has 0 saturated heterocycles. The van der Waals surface area contributed by atoms with Crippen LogP contribution in [0.4, 0.5) is 5.69 Å². The van der Waals surface area contributed by atoms with Gasteiger partial charge in [-0.1, -0.05) is 30.3 Å². The van der Waals surface area contributed by atoms with Crippen LogP contribution in [0.15, 0.2) is 60.9 Å². The van der Waals surface area contributed by atoms with Gasteiger partial charge < -0.3 is 0 Å². The average molecular weight is 315 g/mol. The topological polar surface area (TPSA) is 68.9 Å². The third-order valence-corrected chi connectivity index (χ3v) is 4.14. The lowest BCUT2D eigenvalue weighted by molar-refractivity contribution is -0.384. The van der Waals surface area contributed by atoms with Gasteiger partial charge in [0.25, 0.3) is 5.69 Å². The number of nitrogens with zero attached hydrogens (tertiary/aromatic N) is 3. The van der Waals surface area contributed by atoms with Crippen molar-refractivity contribution >= 4 is 27.5 Å². The summed E-state index contributed by atoms with van der Waals surface area (Å²) in [5.41, 5.74) is 4.50. The van der Waals surface area contributed by atoms with Crippen molar-refractivity contribution in [1.82, 2.24) is 9.97 Å². The van der Waals surface area contributed by atoms with Crippen molar-refractivity contribution in [2.24, 2.45) is 0 Å². The van der Waals surface area contributed by atoms with Gasteiger partial charge in [0, 0.05) is 35.3 Å². The third-order valence-electron chi connectivity index (χ3n) is 4.14. The van der Waals surface area contributed by atoms with Crippen LogP contribution < -0.4 is 0 Å². The number of benzene rings is 2. The highest BCUT2D eigenvalue weighted by Crippen LogP contribution is 2.34. The molecule has 2 aromatic heterocycles. The zero-order valence-corrected chi connectivity index (χ0v) is 12.9. The van der Waals surface area contributed by atoms with Crippen LogP contribution in [0.5, 0.6) is 0 Å². The summed E-state index contributed by atoms with van der Waals surface area (Å²) in [6.45, 7) is 1.95. The Kier molecular flexibility index (Phi) is 3.20. The van der Waals surface area contributed by atoms with E-state index in [-0.39, 0.29) is 10.6 Å². The van der Waals surface area contributed by atoms with E-state index in [9.17, 15) is 10.1 Å². The van der Waals surface area contributed by atoms with Crippen LogP contribution in [-0.4, -0.2) is 14.9 Å². The highest BCUT2D eigenvalue weighted by atomic mass is 16.6. The summed E-state index contributed by atoms with van der Waals surface area (Å²) in [5, 5.41) is 13.0. The standard InChI is InChI=1S/C19H13N3O2/c1-12-10-21-19-15-7-2-3-8-17(15)20-11-16(19)18(12)13-5-4-6-14(9-13)22(23)24/h2-11H,1H3. The molecular weight excluding hydrogens is 302 g/mol. The van der Waals surface area contributed by atoms with Crippen LogP contribution in [0.3, 0.4) is 0 Å². The summed E-state index contributed by atoms with van der Waals surface area (Å²) in [7, 11) is 0. The molecule has 0 fully saturated rings. The van der Waals surface area contributed by atoms with Crippen LogP contribution in [0.2, 0.25) is 0 Å². The van der Waals surface area contributed by atoms with E-state index in [1.54, 1.807) is 18.3 Å². The Morgan fingerprint density at radius 3 is 2.62 bits per heavy atom. The van der Waals surface area contributed by atoms with Gasteiger partial charge in [0.1, 0.15) is 0 Å². The van der Waals surface area contributed by atoms with Crippen molar-refractivity contribution in [3.05, 3.63) is 76.6 Å². The Morgan fingerprint density at radius 1 is 0.958 bits per heavy atom. The fraction of sp³-hybridized carbons (Fsp3) is 0.0526. The molecule has 0 aliphatic carbocycles. The van der Waals surface area contributed by atoms with Crippen LogP contribution in [0.1, 0.15) is 5.56 Å². The minimum atomic E-state index is -0.379. The minimum absolute atomic E-state index is 0.0746. The van der Waals surface area contributed by atoms with E-state index in [2.05, 4.69) is 9.97 Å². The minimum Gasteiger partial charge on any atom is -0.258 e. The fourth-order valence-electron chi connectivity index (χ4n) is 3.05. The van der Waals surface area contributed by atoms with Crippen LogP contribution in [-0.2, 0) is 0 Å². The van der Waals surface area contributed by atoms with E-state index >= 15 is 0 Å². The number of fused-ring (bicyclic) bond motifs is 3. The SMILES string of the molecule is Cc1cnc2c(cnc3ccccc32)c1-c1cccc([N+](=O)[O-])c1. The summed E-state index contributed by atoms with van der Waals surface area (Å²) >= 11 is 0. The van der Waals surface area contributed by atoms with Crippen molar-refractivity contribution in [3.8, 4) is 11.1 Å². The molecule has 2 heterocycles. The first-order chi connectivity index (χ1) is 11.6. The van der Waals surface area contributed by atoms with Crippen LogP contribution in [0, 0.1) is 17.0 Å². The van der Waals surface area contributed by atoms with Crippen molar-refractivity contribution in [2.45, 2.75) is 6.92 Å². The van der Waals surface area contributed by atoms with Gasteiger partial charge in [-0.05, 0) is 29.7 Å². The number of hydrogen-bond donors (Lipinski definition) is 0. The number of nitro groups is 1. The fourth-order valence-corrected chi connectivity index (χ4v) is 3.05. The van der Waals surface area contributed by atoms with E-state index < -0.39 is 0 Å². The zero-order valence-electron chi connectivity index (χ0n) is 12.9. The maximum absolute atomic E-state index is 11.1. The number of aryl methyl sites for hydroxylation is 1. The van der Waals surface area contributed by atoms with E-state index in [0.717, 1.165) is 38.5 Å². The molecule has 0 radical (unpaired) electrons. The molecule has 0 saturated carbocycles. The Bertz CT molecular complexity index is 1110. The van der Waals surface area contributed by atoms with Gasteiger partial charge >= 0.3 is 0 Å². The number of rotatable bonds is 2. The maximum atomic E-state index is 11.1. The van der Waals surface area contributed by atoms with Gasteiger partial charge in [0.15, 0.2) is 0 Å². The highest BCUT2D eigenvalue weighted by Gasteiger charge is 2.14. The molecule has 0 unspecified atom stereocenters. The molecule has 0 atom stereocenters. The van der Waals surface area contributed by atoms with E-state index in [1.165, 1.54) is 6.07 Å². The quantitative estimate of drug-likeness (QED) is 0.306. The van der Waals surface area contributed by atoms with Crippen molar-refractivity contribution in [3.63, 3.8) is 0 Å². The monoisotopic (exact) mass is 315 g/mol. The first kappa shape index (κ1) is 14.3. The summed E-state index contributed by atoms with van der Waals surface area (Å²) in [4.78, 5) is 19.8. The summed E-state index contributed by atoms with van der Waals surface area (Å²) in [6.07, 6.45) is 3.61. The Morgan fingerprint density at radius 2 is 1.79 bits per heavy atom. The molecule has 0 aliphatic rings. The van der Waals surface area contributed by atoms with Gasteiger partial charge in [0.05, 0.1) is 16.0 Å². The molecule has 2 aromatic carbocycles. The summed E-state index contributed by atoms with van der Waals surface area (Å²) in [5.74, 6) is 0. The number of pyridine rings is 2. The van der Waals surface area contributed by atoms with Crippen LogP contribution >= 0.6 is 0 Å². The van der Waals surface area contributed by atoms with E-state index in [4.69, 9.17) is 0 Å². The molecular formula is C19H13N3O2. The number of aromatic nitrogens is 2. The third kappa shape index (κ3) is 2.18. The smallest absolute Gasteiger partial charge is 0.258 e. The molecule has 5 nitrogen and oxygen atoms in total. The second-order valence-corrected chi connectivity index (χ2v) is 5.66. The first-order valence-corrected chi connectivity index (χ1v) is 7.53. The summed E-state index contributed by atoms with van der Waals surface area (Å²) < 4.78 is 0. The molecule has 0 N–H and O–H groups in total. The average Bonchev–Trinajstić information content (AvgIpc) is 2.61. The molecule has 4 rings (SSSR count). The largest absolute Gasteiger partial charge is 0.270 e. The summed E-state index contributed by atoms with van der Waals surface area (Å²) in [6, 6.07) is 14.5. The van der Waals surface area contributed by atoms with Gasteiger partial charge in [-0.25, -0.2) is 0 Å². The van der Waals surface area contributed by atoms with Crippen molar-refractivity contribution in [2.75, 3.05) is 0 Å². The second kappa shape index (κ2) is 5.38. The van der Waals surface area contributed by atoms with Crippen molar-refractivity contribution in [1.29, 1.82) is 0 Å². The molecule has 0 aliphatic heterocycles. The zero-order chi connectivity index (χ0) is 16.7. The molecule has 4 aromatic rings. The van der Waals surface area contributed by atoms with E-state index in [0.29, 0.717) is 0 Å². The normalized spacial score (nSPS) is 11.0. The maximum Gasteiger partial charge on any atom is 0.270 e. The predicted octanol–water partition coefficient (Wildman–Crippen LogP) is 4.67. The predicted molar refractivity (Wildman–Crippen MR) is 93.9 cm³/mol. The highest BCUT2D eigenvalue weighted by molar-refractivity contribution is 6.08. The Balaban J connectivity index is 2.08. The second-order valence-electron chi connectivity index (χ2n) is 5.66. The lowest BCUT2D eigenvalue weighted by Gasteiger charge is -2.11. The molecule has 24 heavy (non-hydrogen) atoms.